The number of aromatic nitrogens is 1. The van der Waals surface area contributed by atoms with Gasteiger partial charge in [-0.05, 0) is 25.0 Å². The quantitative estimate of drug-likeness (QED) is 0.723. The first-order valence-corrected chi connectivity index (χ1v) is 11.0. The van der Waals surface area contributed by atoms with Gasteiger partial charge in [0.05, 0.1) is 12.1 Å². The first-order chi connectivity index (χ1) is 13.1. The first kappa shape index (κ1) is 20.0. The van der Waals surface area contributed by atoms with Crippen LogP contribution < -0.4 is 5.32 Å². The number of hydrogen-bond acceptors (Lipinski definition) is 4. The lowest BCUT2D eigenvalue weighted by Gasteiger charge is -2.20. The highest BCUT2D eigenvalue weighted by Gasteiger charge is 2.15. The number of amides is 2. The van der Waals surface area contributed by atoms with Gasteiger partial charge < -0.3 is 10.2 Å². The third kappa shape index (κ3) is 6.14. The van der Waals surface area contributed by atoms with Crippen molar-refractivity contribution in [1.29, 1.82) is 0 Å². The van der Waals surface area contributed by atoms with Crippen LogP contribution in [0, 0.1) is 0 Å². The van der Waals surface area contributed by atoms with Crippen molar-refractivity contribution in [2.45, 2.75) is 38.5 Å². The summed E-state index contributed by atoms with van der Waals surface area (Å²) in [5.74, 6) is 0.0487. The minimum absolute atomic E-state index is 0.0928. The lowest BCUT2D eigenvalue weighted by Crippen LogP contribution is -2.35. The van der Waals surface area contributed by atoms with Crippen LogP contribution in [0.15, 0.2) is 34.1 Å². The van der Waals surface area contributed by atoms with E-state index >= 15 is 0 Å². The molecule has 0 atom stereocenters. The number of likely N-dealkylation sites (tertiary alicyclic amines) is 1. The van der Waals surface area contributed by atoms with Crippen LogP contribution >= 0.6 is 27.3 Å². The molecule has 1 aromatic heterocycles. The molecule has 0 radical (unpaired) electrons. The normalized spacial score (nSPS) is 14.6. The van der Waals surface area contributed by atoms with E-state index in [1.807, 2.05) is 34.5 Å². The van der Waals surface area contributed by atoms with E-state index in [0.29, 0.717) is 13.0 Å². The minimum Gasteiger partial charge on any atom is -0.355 e. The fraction of sp³-hybridized carbons (Fsp3) is 0.450. The van der Waals surface area contributed by atoms with Crippen molar-refractivity contribution >= 4 is 39.1 Å². The maximum absolute atomic E-state index is 12.2. The van der Waals surface area contributed by atoms with Gasteiger partial charge in [0.1, 0.15) is 5.01 Å². The number of benzene rings is 1. The molecule has 2 amide bonds. The van der Waals surface area contributed by atoms with E-state index in [2.05, 4.69) is 26.2 Å². The first-order valence-electron chi connectivity index (χ1n) is 9.36. The summed E-state index contributed by atoms with van der Waals surface area (Å²) in [6, 6.07) is 7.95. The number of carbonyl (C=O) groups is 2. The molecular weight excluding hydrogens is 426 g/mol. The minimum atomic E-state index is -0.0928. The Hall–Kier alpha value is -1.73. The fourth-order valence-corrected chi connectivity index (χ4v) is 4.37. The molecular formula is C20H24BrN3O2S. The zero-order valence-electron chi connectivity index (χ0n) is 15.2. The Labute approximate surface area is 172 Å². The predicted octanol–water partition coefficient (Wildman–Crippen LogP) is 4.02. The molecule has 7 heteroatoms. The Bertz CT molecular complexity index is 785. The van der Waals surface area contributed by atoms with E-state index < -0.39 is 0 Å². The van der Waals surface area contributed by atoms with E-state index in [-0.39, 0.29) is 18.2 Å². The molecule has 2 aromatic rings. The molecule has 1 saturated heterocycles. The molecule has 2 heterocycles. The molecule has 0 saturated carbocycles. The zero-order valence-corrected chi connectivity index (χ0v) is 17.7. The Kier molecular flexibility index (Phi) is 7.41. The van der Waals surface area contributed by atoms with Gasteiger partial charge in [-0.1, -0.05) is 40.9 Å². The Morgan fingerprint density at radius 3 is 2.70 bits per heavy atom. The smallest absolute Gasteiger partial charge is 0.226 e. The highest BCUT2D eigenvalue weighted by molar-refractivity contribution is 9.10. The number of rotatable bonds is 6. The van der Waals surface area contributed by atoms with Crippen molar-refractivity contribution in [3.8, 4) is 10.6 Å². The zero-order chi connectivity index (χ0) is 19.1. The van der Waals surface area contributed by atoms with Gasteiger partial charge >= 0.3 is 0 Å². The van der Waals surface area contributed by atoms with Crippen LogP contribution in [0.2, 0.25) is 0 Å². The van der Waals surface area contributed by atoms with Gasteiger partial charge in [-0.15, -0.1) is 11.3 Å². The molecule has 0 spiro atoms. The second-order valence-corrected chi connectivity index (χ2v) is 8.50. The van der Waals surface area contributed by atoms with Gasteiger partial charge in [0, 0.05) is 41.5 Å². The molecule has 1 aromatic carbocycles. The maximum atomic E-state index is 12.2. The van der Waals surface area contributed by atoms with E-state index in [1.165, 1.54) is 24.2 Å². The summed E-state index contributed by atoms with van der Waals surface area (Å²) in [5, 5.41) is 5.66. The van der Waals surface area contributed by atoms with Crippen LogP contribution in [-0.4, -0.2) is 41.3 Å². The summed E-state index contributed by atoms with van der Waals surface area (Å²) in [6.45, 7) is 2.09. The average molecular weight is 450 g/mol. The molecule has 144 valence electrons. The molecule has 1 fully saturated rings. The SMILES string of the molecule is O=C(Cc1csc(-c2cccc(Br)c2)n1)NCCC(=O)N1CCCCCC1. The Morgan fingerprint density at radius 1 is 1.19 bits per heavy atom. The van der Waals surface area contributed by atoms with Gasteiger partial charge in [0.2, 0.25) is 11.8 Å². The van der Waals surface area contributed by atoms with Crippen molar-refractivity contribution in [3.63, 3.8) is 0 Å². The molecule has 0 unspecified atom stereocenters. The Morgan fingerprint density at radius 2 is 1.96 bits per heavy atom. The maximum Gasteiger partial charge on any atom is 0.226 e. The van der Waals surface area contributed by atoms with E-state index in [4.69, 9.17) is 0 Å². The third-order valence-electron chi connectivity index (χ3n) is 4.58. The molecule has 1 aliphatic heterocycles. The van der Waals surface area contributed by atoms with Crippen molar-refractivity contribution in [1.82, 2.24) is 15.2 Å². The summed E-state index contributed by atoms with van der Waals surface area (Å²) in [4.78, 5) is 30.9. The standard InChI is InChI=1S/C20H24BrN3O2S/c21-16-7-5-6-15(12-16)20-23-17(14-27-20)13-18(25)22-9-8-19(26)24-10-3-1-2-4-11-24/h5-7,12,14H,1-4,8-11,13H2,(H,22,25). The van der Waals surface area contributed by atoms with Crippen LogP contribution in [0.25, 0.3) is 10.6 Å². The van der Waals surface area contributed by atoms with Crippen molar-refractivity contribution in [2.24, 2.45) is 0 Å². The third-order valence-corrected chi connectivity index (χ3v) is 6.02. The average Bonchev–Trinajstić information content (AvgIpc) is 2.94. The predicted molar refractivity (Wildman–Crippen MR) is 112 cm³/mol. The summed E-state index contributed by atoms with van der Waals surface area (Å²) in [7, 11) is 0. The topological polar surface area (TPSA) is 62.3 Å². The van der Waals surface area contributed by atoms with E-state index in [1.54, 1.807) is 0 Å². The van der Waals surface area contributed by atoms with Crippen LogP contribution in [0.3, 0.4) is 0 Å². The van der Waals surface area contributed by atoms with Gasteiger partial charge in [0.25, 0.3) is 0 Å². The molecule has 5 nitrogen and oxygen atoms in total. The number of halogens is 1. The van der Waals surface area contributed by atoms with Gasteiger partial charge in [-0.25, -0.2) is 4.98 Å². The van der Waals surface area contributed by atoms with Crippen molar-refractivity contribution in [3.05, 3.63) is 39.8 Å². The van der Waals surface area contributed by atoms with Gasteiger partial charge in [-0.2, -0.15) is 0 Å². The second kappa shape index (κ2) is 9.99. The molecule has 1 N–H and O–H groups in total. The van der Waals surface area contributed by atoms with Crippen molar-refractivity contribution in [2.75, 3.05) is 19.6 Å². The van der Waals surface area contributed by atoms with Crippen LogP contribution in [-0.2, 0) is 16.0 Å². The molecule has 0 bridgehead atoms. The molecule has 0 aliphatic carbocycles. The van der Waals surface area contributed by atoms with Crippen molar-refractivity contribution < 1.29 is 9.59 Å². The second-order valence-electron chi connectivity index (χ2n) is 6.73. The Balaban J connectivity index is 1.43. The summed E-state index contributed by atoms with van der Waals surface area (Å²) >= 11 is 4.99. The number of carbonyl (C=O) groups excluding carboxylic acids is 2. The van der Waals surface area contributed by atoms with Gasteiger partial charge in [-0.3, -0.25) is 9.59 Å². The molecule has 27 heavy (non-hydrogen) atoms. The highest BCUT2D eigenvalue weighted by Crippen LogP contribution is 2.26. The van der Waals surface area contributed by atoms with Crippen LogP contribution in [0.1, 0.15) is 37.8 Å². The number of nitrogens with one attached hydrogen (secondary N) is 1. The van der Waals surface area contributed by atoms with Crippen LogP contribution in [0.4, 0.5) is 0 Å². The number of nitrogens with zero attached hydrogens (tertiary/aromatic N) is 2. The molecule has 1 aliphatic rings. The number of hydrogen-bond donors (Lipinski definition) is 1. The largest absolute Gasteiger partial charge is 0.355 e. The summed E-state index contributed by atoms with van der Waals surface area (Å²) in [6.07, 6.45) is 5.19. The van der Waals surface area contributed by atoms with E-state index in [9.17, 15) is 9.59 Å². The van der Waals surface area contributed by atoms with Crippen LogP contribution in [0.5, 0.6) is 0 Å². The highest BCUT2D eigenvalue weighted by atomic mass is 79.9. The summed E-state index contributed by atoms with van der Waals surface area (Å²) in [5.41, 5.74) is 1.79. The summed E-state index contributed by atoms with van der Waals surface area (Å²) < 4.78 is 1.00. The lowest BCUT2D eigenvalue weighted by atomic mass is 10.2. The monoisotopic (exact) mass is 449 g/mol. The van der Waals surface area contributed by atoms with E-state index in [0.717, 1.165) is 46.7 Å². The van der Waals surface area contributed by atoms with Gasteiger partial charge in [0.15, 0.2) is 0 Å². The molecule has 3 rings (SSSR count). The number of thiazole rings is 1. The lowest BCUT2D eigenvalue weighted by molar-refractivity contribution is -0.131. The fourth-order valence-electron chi connectivity index (χ4n) is 3.16.